The average molecular weight is 289 g/mol. The molecule has 0 aliphatic carbocycles. The highest BCUT2D eigenvalue weighted by Crippen LogP contribution is 2.07. The molecule has 1 unspecified atom stereocenters. The van der Waals surface area contributed by atoms with Gasteiger partial charge in [0.1, 0.15) is 11.7 Å². The van der Waals surface area contributed by atoms with Gasteiger partial charge < -0.3 is 10.4 Å². The van der Waals surface area contributed by atoms with Crippen molar-refractivity contribution in [1.29, 1.82) is 0 Å². The summed E-state index contributed by atoms with van der Waals surface area (Å²) in [6, 6.07) is 2.08. The van der Waals surface area contributed by atoms with E-state index in [9.17, 15) is 9.59 Å². The molecule has 0 bridgehead atoms. The van der Waals surface area contributed by atoms with Crippen molar-refractivity contribution in [2.24, 2.45) is 0 Å². The summed E-state index contributed by atoms with van der Waals surface area (Å²) in [5.74, 6) is -0.905. The molecule has 1 rings (SSSR count). The van der Waals surface area contributed by atoms with E-state index in [1.807, 2.05) is 6.26 Å². The van der Waals surface area contributed by atoms with Gasteiger partial charge in [0.2, 0.25) is 0 Å². The Morgan fingerprint density at radius 1 is 1.56 bits per heavy atom. The summed E-state index contributed by atoms with van der Waals surface area (Å²) in [4.78, 5) is 26.5. The fourth-order valence-electron chi connectivity index (χ4n) is 1.24. The second-order valence-electron chi connectivity index (χ2n) is 3.51. The van der Waals surface area contributed by atoms with Gasteiger partial charge in [-0.1, -0.05) is 11.6 Å². The molecular formula is C11H13ClN2O3S. The molecule has 0 saturated heterocycles. The second-order valence-corrected chi connectivity index (χ2v) is 4.93. The van der Waals surface area contributed by atoms with Crippen LogP contribution in [0.1, 0.15) is 16.9 Å². The minimum absolute atomic E-state index is 0.148. The lowest BCUT2D eigenvalue weighted by Crippen LogP contribution is -2.41. The third-order valence-corrected chi connectivity index (χ3v) is 3.04. The summed E-state index contributed by atoms with van der Waals surface area (Å²) in [7, 11) is 0. The zero-order chi connectivity index (χ0) is 13.5. The van der Waals surface area contributed by atoms with E-state index in [0.717, 1.165) is 0 Å². The maximum absolute atomic E-state index is 11.7. The average Bonchev–Trinajstić information content (AvgIpc) is 2.34. The van der Waals surface area contributed by atoms with E-state index in [0.29, 0.717) is 17.2 Å². The first-order valence-corrected chi connectivity index (χ1v) is 6.96. The normalized spacial score (nSPS) is 11.9. The van der Waals surface area contributed by atoms with Crippen LogP contribution in [-0.4, -0.2) is 40.0 Å². The van der Waals surface area contributed by atoms with Crippen LogP contribution in [0.15, 0.2) is 18.3 Å². The van der Waals surface area contributed by atoms with Crippen LogP contribution in [0.2, 0.25) is 5.02 Å². The third kappa shape index (κ3) is 4.54. The fourth-order valence-corrected chi connectivity index (χ4v) is 1.82. The molecule has 1 aromatic rings. The van der Waals surface area contributed by atoms with E-state index in [-0.39, 0.29) is 5.69 Å². The minimum atomic E-state index is -1.05. The van der Waals surface area contributed by atoms with Crippen molar-refractivity contribution >= 4 is 35.2 Å². The molecule has 1 aromatic heterocycles. The van der Waals surface area contributed by atoms with Gasteiger partial charge in [0, 0.05) is 6.20 Å². The van der Waals surface area contributed by atoms with Gasteiger partial charge in [-0.05, 0) is 30.6 Å². The van der Waals surface area contributed by atoms with Gasteiger partial charge in [0.05, 0.1) is 5.02 Å². The molecule has 7 heteroatoms. The Hall–Kier alpha value is -1.27. The summed E-state index contributed by atoms with van der Waals surface area (Å²) >= 11 is 7.17. The first-order chi connectivity index (χ1) is 8.54. The molecule has 0 aliphatic rings. The van der Waals surface area contributed by atoms with Crippen LogP contribution in [0.5, 0.6) is 0 Å². The first kappa shape index (κ1) is 14.8. The van der Waals surface area contributed by atoms with Crippen molar-refractivity contribution in [3.63, 3.8) is 0 Å². The Morgan fingerprint density at radius 3 is 2.78 bits per heavy atom. The highest BCUT2D eigenvalue weighted by atomic mass is 35.5. The Morgan fingerprint density at radius 2 is 2.28 bits per heavy atom. The van der Waals surface area contributed by atoms with Crippen molar-refractivity contribution in [1.82, 2.24) is 10.3 Å². The minimum Gasteiger partial charge on any atom is -0.480 e. The van der Waals surface area contributed by atoms with E-state index in [2.05, 4.69) is 10.3 Å². The lowest BCUT2D eigenvalue weighted by atomic mass is 10.2. The summed E-state index contributed by atoms with van der Waals surface area (Å²) < 4.78 is 0. The Kier molecular flexibility index (Phi) is 5.94. The number of carbonyl (C=O) groups excluding carboxylic acids is 1. The molecule has 0 saturated carbocycles. The molecule has 1 heterocycles. The smallest absolute Gasteiger partial charge is 0.326 e. The standard InChI is InChI=1S/C11H13ClN2O3S/c1-18-5-4-9(11(16)17)14-10(15)8-3-2-7(12)6-13-8/h2-3,6,9H,4-5H2,1H3,(H,14,15)(H,16,17). The molecule has 0 spiro atoms. The third-order valence-electron chi connectivity index (χ3n) is 2.17. The van der Waals surface area contributed by atoms with Crippen molar-refractivity contribution in [2.75, 3.05) is 12.0 Å². The van der Waals surface area contributed by atoms with E-state index < -0.39 is 17.9 Å². The number of nitrogens with one attached hydrogen (secondary N) is 1. The second kappa shape index (κ2) is 7.23. The van der Waals surface area contributed by atoms with Crippen LogP contribution in [0.3, 0.4) is 0 Å². The van der Waals surface area contributed by atoms with Crippen LogP contribution in [0.4, 0.5) is 0 Å². The number of thioether (sulfide) groups is 1. The number of carboxylic acid groups (broad SMARTS) is 1. The molecule has 2 N–H and O–H groups in total. The lowest BCUT2D eigenvalue weighted by Gasteiger charge is -2.13. The number of carbonyl (C=O) groups is 2. The Balaban J connectivity index is 2.66. The number of aromatic nitrogens is 1. The number of pyridine rings is 1. The van der Waals surface area contributed by atoms with Crippen LogP contribution in [-0.2, 0) is 4.79 Å². The van der Waals surface area contributed by atoms with E-state index in [1.165, 1.54) is 30.1 Å². The predicted molar refractivity (Wildman–Crippen MR) is 71.1 cm³/mol. The summed E-state index contributed by atoms with van der Waals surface area (Å²) in [5.41, 5.74) is 0.148. The topological polar surface area (TPSA) is 79.3 Å². The van der Waals surface area contributed by atoms with Gasteiger partial charge in [0.25, 0.3) is 5.91 Å². The number of rotatable bonds is 6. The number of aliphatic carboxylic acids is 1. The maximum atomic E-state index is 11.7. The molecule has 0 aromatic carbocycles. The van der Waals surface area contributed by atoms with E-state index in [4.69, 9.17) is 16.7 Å². The zero-order valence-electron chi connectivity index (χ0n) is 9.72. The number of amides is 1. The molecule has 5 nitrogen and oxygen atoms in total. The molecule has 0 fully saturated rings. The van der Waals surface area contributed by atoms with Crippen LogP contribution < -0.4 is 5.32 Å². The highest BCUT2D eigenvalue weighted by molar-refractivity contribution is 7.98. The molecule has 0 aliphatic heterocycles. The number of hydrogen-bond acceptors (Lipinski definition) is 4. The van der Waals surface area contributed by atoms with Gasteiger partial charge in [0.15, 0.2) is 0 Å². The number of nitrogens with zero attached hydrogens (tertiary/aromatic N) is 1. The first-order valence-electron chi connectivity index (χ1n) is 5.18. The maximum Gasteiger partial charge on any atom is 0.326 e. The lowest BCUT2D eigenvalue weighted by molar-refractivity contribution is -0.139. The summed E-state index contributed by atoms with van der Waals surface area (Å²) in [5, 5.41) is 11.8. The van der Waals surface area contributed by atoms with Crippen LogP contribution in [0, 0.1) is 0 Å². The summed E-state index contributed by atoms with van der Waals surface area (Å²) in [6.45, 7) is 0. The van der Waals surface area contributed by atoms with Gasteiger partial charge in [-0.2, -0.15) is 11.8 Å². The molecule has 18 heavy (non-hydrogen) atoms. The largest absolute Gasteiger partial charge is 0.480 e. The molecule has 98 valence electrons. The van der Waals surface area contributed by atoms with E-state index in [1.54, 1.807) is 0 Å². The van der Waals surface area contributed by atoms with Gasteiger partial charge in [-0.15, -0.1) is 0 Å². The van der Waals surface area contributed by atoms with Crippen molar-refractivity contribution in [3.05, 3.63) is 29.0 Å². The number of halogens is 1. The quantitative estimate of drug-likeness (QED) is 0.832. The molecule has 1 amide bonds. The van der Waals surface area contributed by atoms with Crippen molar-refractivity contribution in [2.45, 2.75) is 12.5 Å². The molecule has 1 atom stereocenters. The Bertz CT molecular complexity index is 425. The number of hydrogen-bond donors (Lipinski definition) is 2. The van der Waals surface area contributed by atoms with Crippen LogP contribution >= 0.6 is 23.4 Å². The van der Waals surface area contributed by atoms with Crippen molar-refractivity contribution < 1.29 is 14.7 Å². The van der Waals surface area contributed by atoms with Crippen LogP contribution in [0.25, 0.3) is 0 Å². The monoisotopic (exact) mass is 288 g/mol. The highest BCUT2D eigenvalue weighted by Gasteiger charge is 2.20. The van der Waals surface area contributed by atoms with Crippen molar-refractivity contribution in [3.8, 4) is 0 Å². The van der Waals surface area contributed by atoms with Gasteiger partial charge >= 0.3 is 5.97 Å². The SMILES string of the molecule is CSCCC(NC(=O)c1ccc(Cl)cn1)C(=O)O. The predicted octanol–water partition coefficient (Wildman–Crippen LogP) is 1.67. The molecule has 0 radical (unpaired) electrons. The fraction of sp³-hybridized carbons (Fsp3) is 0.364. The summed E-state index contributed by atoms with van der Waals surface area (Å²) in [6.07, 6.45) is 3.59. The Labute approximate surface area is 114 Å². The zero-order valence-corrected chi connectivity index (χ0v) is 11.3. The number of carboxylic acids is 1. The van der Waals surface area contributed by atoms with Gasteiger partial charge in [-0.3, -0.25) is 4.79 Å². The van der Waals surface area contributed by atoms with E-state index >= 15 is 0 Å². The van der Waals surface area contributed by atoms with Gasteiger partial charge in [-0.25, -0.2) is 9.78 Å². The molecular weight excluding hydrogens is 276 g/mol.